The number of hydrogen-bond acceptors (Lipinski definition) is 3. The van der Waals surface area contributed by atoms with Crippen molar-refractivity contribution in [3.05, 3.63) is 54.6 Å². The van der Waals surface area contributed by atoms with Gasteiger partial charge in [0.25, 0.3) is 0 Å². The normalized spacial score (nSPS) is 12.0. The van der Waals surface area contributed by atoms with Crippen LogP contribution >= 0.6 is 12.4 Å². The number of anilines is 1. The SMILES string of the molecule is CC(C)(C)[C@H](N)C(=O)Nc1ccc(Oc2ccccc2)cc1.Cl. The summed E-state index contributed by atoms with van der Waals surface area (Å²) >= 11 is 0. The summed E-state index contributed by atoms with van der Waals surface area (Å²) in [6, 6.07) is 16.2. The Labute approximate surface area is 143 Å². The van der Waals surface area contributed by atoms with Gasteiger partial charge in [0.1, 0.15) is 11.5 Å². The second-order valence-corrected chi connectivity index (χ2v) is 6.27. The number of ether oxygens (including phenoxy) is 1. The highest BCUT2D eigenvalue weighted by Crippen LogP contribution is 2.23. The molecular formula is C18H23ClN2O2. The van der Waals surface area contributed by atoms with Crippen molar-refractivity contribution in [2.75, 3.05) is 5.32 Å². The third kappa shape index (κ3) is 5.58. The average molecular weight is 335 g/mol. The first-order valence-electron chi connectivity index (χ1n) is 7.26. The van der Waals surface area contributed by atoms with Crippen molar-refractivity contribution in [2.45, 2.75) is 26.8 Å². The molecule has 0 unspecified atom stereocenters. The third-order valence-corrected chi connectivity index (χ3v) is 3.32. The van der Waals surface area contributed by atoms with Gasteiger partial charge in [-0.3, -0.25) is 4.79 Å². The van der Waals surface area contributed by atoms with Crippen LogP contribution in [-0.2, 0) is 4.79 Å². The van der Waals surface area contributed by atoms with E-state index in [1.807, 2.05) is 63.2 Å². The number of hydrogen-bond donors (Lipinski definition) is 2. The number of nitrogens with one attached hydrogen (secondary N) is 1. The van der Waals surface area contributed by atoms with Crippen molar-refractivity contribution < 1.29 is 9.53 Å². The quantitative estimate of drug-likeness (QED) is 0.880. The predicted molar refractivity (Wildman–Crippen MR) is 96.3 cm³/mol. The van der Waals surface area contributed by atoms with Crippen LogP contribution < -0.4 is 15.8 Å². The topological polar surface area (TPSA) is 64.4 Å². The number of para-hydroxylation sites is 1. The molecule has 3 N–H and O–H groups in total. The molecule has 2 aromatic rings. The fourth-order valence-corrected chi connectivity index (χ4v) is 1.84. The first kappa shape index (κ1) is 19.0. The van der Waals surface area contributed by atoms with Gasteiger partial charge in [-0.25, -0.2) is 0 Å². The Morgan fingerprint density at radius 1 is 1.00 bits per heavy atom. The molecule has 5 heteroatoms. The van der Waals surface area contributed by atoms with Crippen molar-refractivity contribution in [1.82, 2.24) is 0 Å². The summed E-state index contributed by atoms with van der Waals surface area (Å²) in [6.45, 7) is 5.82. The van der Waals surface area contributed by atoms with Crippen LogP contribution in [0.1, 0.15) is 20.8 Å². The van der Waals surface area contributed by atoms with Gasteiger partial charge in [0, 0.05) is 5.69 Å². The summed E-state index contributed by atoms with van der Waals surface area (Å²) in [7, 11) is 0. The molecule has 0 radical (unpaired) electrons. The first-order chi connectivity index (χ1) is 10.4. The highest BCUT2D eigenvalue weighted by Gasteiger charge is 2.27. The summed E-state index contributed by atoms with van der Waals surface area (Å²) < 4.78 is 5.70. The molecule has 124 valence electrons. The lowest BCUT2D eigenvalue weighted by atomic mass is 9.87. The number of halogens is 1. The van der Waals surface area contributed by atoms with Gasteiger partial charge in [0.05, 0.1) is 6.04 Å². The molecule has 0 saturated heterocycles. The van der Waals surface area contributed by atoms with Gasteiger partial charge < -0.3 is 15.8 Å². The van der Waals surface area contributed by atoms with Gasteiger partial charge in [-0.15, -0.1) is 12.4 Å². The van der Waals surface area contributed by atoms with Crippen molar-refractivity contribution in [2.24, 2.45) is 11.1 Å². The number of carbonyl (C=O) groups excluding carboxylic acids is 1. The lowest BCUT2D eigenvalue weighted by Crippen LogP contribution is -2.45. The molecule has 0 fully saturated rings. The molecule has 1 atom stereocenters. The van der Waals surface area contributed by atoms with Crippen LogP contribution in [0.25, 0.3) is 0 Å². The van der Waals surface area contributed by atoms with E-state index < -0.39 is 6.04 Å². The second kappa shape index (κ2) is 7.99. The Balaban J connectivity index is 0.00000264. The predicted octanol–water partition coefficient (Wildman–Crippen LogP) is 4.21. The Hall–Kier alpha value is -2.04. The monoisotopic (exact) mass is 334 g/mol. The summed E-state index contributed by atoms with van der Waals surface area (Å²) in [5.41, 5.74) is 6.36. The molecule has 0 aliphatic rings. The minimum absolute atomic E-state index is 0. The number of amides is 1. The standard InChI is InChI=1S/C18H22N2O2.ClH/c1-18(2,3)16(19)17(21)20-13-9-11-15(12-10-13)22-14-7-5-4-6-8-14;/h4-12,16H,19H2,1-3H3,(H,20,21);1H/t16-;/m1./s1. The van der Waals surface area contributed by atoms with Gasteiger partial charge in [0.15, 0.2) is 0 Å². The van der Waals surface area contributed by atoms with E-state index in [1.165, 1.54) is 0 Å². The van der Waals surface area contributed by atoms with E-state index in [0.717, 1.165) is 5.75 Å². The fourth-order valence-electron chi connectivity index (χ4n) is 1.84. The van der Waals surface area contributed by atoms with Gasteiger partial charge >= 0.3 is 0 Å². The van der Waals surface area contributed by atoms with Crippen molar-refractivity contribution >= 4 is 24.0 Å². The molecule has 0 heterocycles. The second-order valence-electron chi connectivity index (χ2n) is 6.27. The molecule has 4 nitrogen and oxygen atoms in total. The Bertz CT molecular complexity index is 622. The molecule has 0 aliphatic heterocycles. The minimum atomic E-state index is -0.562. The summed E-state index contributed by atoms with van der Waals surface area (Å²) in [5.74, 6) is 1.29. The van der Waals surface area contributed by atoms with Crippen LogP contribution in [-0.4, -0.2) is 11.9 Å². The smallest absolute Gasteiger partial charge is 0.241 e. The van der Waals surface area contributed by atoms with Gasteiger partial charge in [0.2, 0.25) is 5.91 Å². The van der Waals surface area contributed by atoms with Crippen molar-refractivity contribution in [3.8, 4) is 11.5 Å². The van der Waals surface area contributed by atoms with Crippen LogP contribution in [0.5, 0.6) is 11.5 Å². The zero-order valence-electron chi connectivity index (χ0n) is 13.6. The lowest BCUT2D eigenvalue weighted by Gasteiger charge is -2.25. The Morgan fingerprint density at radius 3 is 2.04 bits per heavy atom. The third-order valence-electron chi connectivity index (χ3n) is 3.32. The fraction of sp³-hybridized carbons (Fsp3) is 0.278. The number of carbonyl (C=O) groups is 1. The molecule has 23 heavy (non-hydrogen) atoms. The Morgan fingerprint density at radius 2 is 1.52 bits per heavy atom. The molecule has 0 bridgehead atoms. The van der Waals surface area contributed by atoms with Gasteiger partial charge in [-0.2, -0.15) is 0 Å². The molecule has 0 spiro atoms. The maximum atomic E-state index is 12.1. The van der Waals surface area contributed by atoms with E-state index in [2.05, 4.69) is 5.32 Å². The molecule has 2 aromatic carbocycles. The van der Waals surface area contributed by atoms with Crippen LogP contribution in [0.15, 0.2) is 54.6 Å². The molecule has 1 amide bonds. The largest absolute Gasteiger partial charge is 0.457 e. The van der Waals surface area contributed by atoms with Crippen molar-refractivity contribution in [3.63, 3.8) is 0 Å². The average Bonchev–Trinajstić information content (AvgIpc) is 2.48. The van der Waals surface area contributed by atoms with Crippen molar-refractivity contribution in [1.29, 1.82) is 0 Å². The molecule has 2 rings (SSSR count). The maximum absolute atomic E-state index is 12.1. The lowest BCUT2D eigenvalue weighted by molar-refractivity contribution is -0.119. The number of nitrogens with two attached hydrogens (primary N) is 1. The summed E-state index contributed by atoms with van der Waals surface area (Å²) in [6.07, 6.45) is 0. The zero-order chi connectivity index (χ0) is 16.2. The van der Waals surface area contributed by atoms with Gasteiger partial charge in [-0.1, -0.05) is 39.0 Å². The van der Waals surface area contributed by atoms with E-state index in [9.17, 15) is 4.79 Å². The summed E-state index contributed by atoms with van der Waals surface area (Å²) in [4.78, 5) is 12.1. The Kier molecular flexibility index (Phi) is 6.61. The molecular weight excluding hydrogens is 312 g/mol. The van der Waals surface area contributed by atoms with E-state index in [0.29, 0.717) is 11.4 Å². The van der Waals surface area contributed by atoms with Crippen LogP contribution in [0.4, 0.5) is 5.69 Å². The maximum Gasteiger partial charge on any atom is 0.241 e. The molecule has 0 aromatic heterocycles. The van der Waals surface area contributed by atoms with Crippen LogP contribution in [0.2, 0.25) is 0 Å². The van der Waals surface area contributed by atoms with E-state index in [-0.39, 0.29) is 23.7 Å². The van der Waals surface area contributed by atoms with E-state index in [4.69, 9.17) is 10.5 Å². The summed E-state index contributed by atoms with van der Waals surface area (Å²) in [5, 5.41) is 2.82. The van der Waals surface area contributed by atoms with Crippen LogP contribution in [0.3, 0.4) is 0 Å². The minimum Gasteiger partial charge on any atom is -0.457 e. The highest BCUT2D eigenvalue weighted by molar-refractivity contribution is 5.95. The number of rotatable bonds is 4. The number of benzene rings is 2. The zero-order valence-corrected chi connectivity index (χ0v) is 14.4. The molecule has 0 aliphatic carbocycles. The highest BCUT2D eigenvalue weighted by atomic mass is 35.5. The van der Waals surface area contributed by atoms with E-state index in [1.54, 1.807) is 12.1 Å². The van der Waals surface area contributed by atoms with Gasteiger partial charge in [-0.05, 0) is 41.8 Å². The van der Waals surface area contributed by atoms with E-state index >= 15 is 0 Å². The molecule has 0 saturated carbocycles. The van der Waals surface area contributed by atoms with Crippen LogP contribution in [0, 0.1) is 5.41 Å². The first-order valence-corrected chi connectivity index (χ1v) is 7.26.